The molecule has 0 aliphatic rings. The number of carbonyl (C=O) groups is 1. The molecule has 3 heteroatoms. The SMILES string of the molecule is CC(C)(C)[Si](C)(C)N(CC#Cc1ccccc1)C(=O)/C=C\c1ccccc1. The van der Waals surface area contributed by atoms with Gasteiger partial charge in [-0.2, -0.15) is 0 Å². The first kappa shape index (κ1) is 20.7. The first-order chi connectivity index (χ1) is 12.7. The summed E-state index contributed by atoms with van der Waals surface area (Å²) in [4.78, 5) is 13.1. The summed E-state index contributed by atoms with van der Waals surface area (Å²) in [5, 5.41) is 0.0532. The third kappa shape index (κ3) is 5.70. The number of rotatable bonds is 4. The minimum Gasteiger partial charge on any atom is -0.355 e. The van der Waals surface area contributed by atoms with Gasteiger partial charge in [0.1, 0.15) is 0 Å². The van der Waals surface area contributed by atoms with Crippen molar-refractivity contribution in [2.45, 2.75) is 38.9 Å². The monoisotopic (exact) mass is 375 g/mol. The van der Waals surface area contributed by atoms with E-state index in [1.54, 1.807) is 6.08 Å². The zero-order chi connectivity index (χ0) is 19.9. The summed E-state index contributed by atoms with van der Waals surface area (Å²) in [5.41, 5.74) is 2.00. The largest absolute Gasteiger partial charge is 0.355 e. The van der Waals surface area contributed by atoms with Gasteiger partial charge >= 0.3 is 0 Å². The summed E-state index contributed by atoms with van der Waals surface area (Å²) < 4.78 is 2.00. The Labute approximate surface area is 165 Å². The number of hydrogen-bond donors (Lipinski definition) is 0. The second-order valence-corrected chi connectivity index (χ2v) is 13.3. The lowest BCUT2D eigenvalue weighted by atomic mass is 10.2. The van der Waals surface area contributed by atoms with Crippen molar-refractivity contribution in [1.82, 2.24) is 4.57 Å². The third-order valence-electron chi connectivity index (χ3n) is 5.24. The fourth-order valence-corrected chi connectivity index (χ4v) is 4.43. The van der Waals surface area contributed by atoms with Crippen LogP contribution in [-0.2, 0) is 4.79 Å². The lowest BCUT2D eigenvalue weighted by Gasteiger charge is -2.44. The molecule has 2 nitrogen and oxygen atoms in total. The van der Waals surface area contributed by atoms with Crippen LogP contribution in [0.2, 0.25) is 18.1 Å². The van der Waals surface area contributed by atoms with Gasteiger partial charge in [-0.3, -0.25) is 4.79 Å². The van der Waals surface area contributed by atoms with Crippen LogP contribution in [0.15, 0.2) is 66.7 Å². The van der Waals surface area contributed by atoms with Crippen LogP contribution < -0.4 is 0 Å². The van der Waals surface area contributed by atoms with Gasteiger partial charge in [0, 0.05) is 11.6 Å². The molecule has 0 unspecified atom stereocenters. The quantitative estimate of drug-likeness (QED) is 0.388. The smallest absolute Gasteiger partial charge is 0.239 e. The van der Waals surface area contributed by atoms with Crippen molar-refractivity contribution in [3.63, 3.8) is 0 Å². The standard InChI is InChI=1S/C24H29NOSi/c1-24(2,3)27(4,5)25(20-12-17-21-13-8-6-9-14-21)23(26)19-18-22-15-10-7-11-16-22/h6-11,13-16,18-19H,20H2,1-5H3/b19-18-. The van der Waals surface area contributed by atoms with E-state index in [1.165, 1.54) is 0 Å². The molecule has 0 heterocycles. The van der Waals surface area contributed by atoms with Crippen LogP contribution in [0.1, 0.15) is 31.9 Å². The predicted octanol–water partition coefficient (Wildman–Crippen LogP) is 5.59. The highest BCUT2D eigenvalue weighted by atomic mass is 28.3. The second-order valence-electron chi connectivity index (χ2n) is 8.15. The van der Waals surface area contributed by atoms with E-state index in [9.17, 15) is 4.79 Å². The van der Waals surface area contributed by atoms with E-state index in [0.717, 1.165) is 11.1 Å². The summed E-state index contributed by atoms with van der Waals surface area (Å²) >= 11 is 0. The highest BCUT2D eigenvalue weighted by Crippen LogP contribution is 2.38. The molecule has 0 bridgehead atoms. The predicted molar refractivity (Wildman–Crippen MR) is 118 cm³/mol. The summed E-state index contributed by atoms with van der Waals surface area (Å²) in [6, 6.07) is 19.8. The molecule has 140 valence electrons. The van der Waals surface area contributed by atoms with Crippen LogP contribution in [0.3, 0.4) is 0 Å². The van der Waals surface area contributed by atoms with Crippen LogP contribution in [-0.4, -0.2) is 25.3 Å². The van der Waals surface area contributed by atoms with Gasteiger partial charge in [-0.1, -0.05) is 94.2 Å². The fraction of sp³-hybridized carbons (Fsp3) is 0.292. The first-order valence-electron chi connectivity index (χ1n) is 9.30. The molecule has 0 N–H and O–H groups in total. The number of amides is 1. The Morgan fingerprint density at radius 2 is 1.56 bits per heavy atom. The van der Waals surface area contributed by atoms with Crippen LogP contribution in [0.5, 0.6) is 0 Å². The highest BCUT2D eigenvalue weighted by molar-refractivity contribution is 6.79. The lowest BCUT2D eigenvalue weighted by Crippen LogP contribution is -2.57. The Kier molecular flexibility index (Phi) is 6.82. The zero-order valence-corrected chi connectivity index (χ0v) is 18.0. The molecule has 2 aromatic carbocycles. The van der Waals surface area contributed by atoms with Crippen molar-refractivity contribution in [1.29, 1.82) is 0 Å². The Morgan fingerprint density at radius 3 is 2.11 bits per heavy atom. The van der Waals surface area contributed by atoms with Gasteiger partial charge in [0.15, 0.2) is 8.24 Å². The average molecular weight is 376 g/mol. The van der Waals surface area contributed by atoms with Crippen molar-refractivity contribution in [3.05, 3.63) is 77.9 Å². The van der Waals surface area contributed by atoms with E-state index in [1.807, 2.05) is 71.3 Å². The molecule has 0 saturated heterocycles. The van der Waals surface area contributed by atoms with E-state index in [0.29, 0.717) is 6.54 Å². The van der Waals surface area contributed by atoms with Crippen molar-refractivity contribution >= 4 is 20.2 Å². The molecule has 0 fully saturated rings. The number of benzene rings is 2. The van der Waals surface area contributed by atoms with E-state index < -0.39 is 8.24 Å². The normalized spacial score (nSPS) is 11.7. The molecule has 0 aliphatic heterocycles. The first-order valence-corrected chi connectivity index (χ1v) is 12.3. The third-order valence-corrected chi connectivity index (χ3v) is 10.6. The Hall–Kier alpha value is -2.57. The molecule has 1 amide bonds. The summed E-state index contributed by atoms with van der Waals surface area (Å²) in [7, 11) is -2.04. The molecule has 0 aromatic heterocycles. The van der Waals surface area contributed by atoms with Crippen molar-refractivity contribution in [3.8, 4) is 11.8 Å². The van der Waals surface area contributed by atoms with Gasteiger partial charge in [0.05, 0.1) is 6.54 Å². The van der Waals surface area contributed by atoms with Crippen molar-refractivity contribution in [2.75, 3.05) is 6.54 Å². The molecule has 27 heavy (non-hydrogen) atoms. The maximum Gasteiger partial charge on any atom is 0.239 e. The maximum absolute atomic E-state index is 13.1. The minimum absolute atomic E-state index is 0.0350. The van der Waals surface area contributed by atoms with Gasteiger partial charge in [-0.05, 0) is 28.8 Å². The molecule has 2 rings (SSSR count). The van der Waals surface area contributed by atoms with Gasteiger partial charge in [-0.25, -0.2) is 0 Å². The van der Waals surface area contributed by atoms with Gasteiger partial charge < -0.3 is 4.57 Å². The molecule has 0 saturated carbocycles. The van der Waals surface area contributed by atoms with Crippen LogP contribution in [0.25, 0.3) is 6.08 Å². The van der Waals surface area contributed by atoms with E-state index >= 15 is 0 Å². The summed E-state index contributed by atoms with van der Waals surface area (Å²) in [6.45, 7) is 11.6. The molecule has 2 aromatic rings. The average Bonchev–Trinajstić information content (AvgIpc) is 2.64. The topological polar surface area (TPSA) is 20.3 Å². The Balaban J connectivity index is 2.25. The fourth-order valence-electron chi connectivity index (χ4n) is 2.52. The zero-order valence-electron chi connectivity index (χ0n) is 17.0. The van der Waals surface area contributed by atoms with Gasteiger partial charge in [0.2, 0.25) is 5.91 Å². The number of hydrogen-bond acceptors (Lipinski definition) is 1. The van der Waals surface area contributed by atoms with E-state index in [2.05, 4.69) is 45.7 Å². The minimum atomic E-state index is -2.04. The molecule has 0 radical (unpaired) electrons. The van der Waals surface area contributed by atoms with Crippen molar-refractivity contribution < 1.29 is 4.79 Å². The summed E-state index contributed by atoms with van der Waals surface area (Å²) in [6.07, 6.45) is 3.56. The molecule has 0 atom stereocenters. The molecular formula is C24H29NOSi. The lowest BCUT2D eigenvalue weighted by molar-refractivity contribution is -0.121. The Bertz CT molecular complexity index is 837. The summed E-state index contributed by atoms with van der Waals surface area (Å²) in [5.74, 6) is 6.43. The number of nitrogens with zero attached hydrogens (tertiary/aromatic N) is 1. The van der Waals surface area contributed by atoms with E-state index in [4.69, 9.17) is 0 Å². The molecule has 0 aliphatic carbocycles. The molecule has 0 spiro atoms. The van der Waals surface area contributed by atoms with Gasteiger partial charge in [0.25, 0.3) is 0 Å². The van der Waals surface area contributed by atoms with E-state index in [-0.39, 0.29) is 10.9 Å². The number of carbonyl (C=O) groups excluding carboxylic acids is 1. The Morgan fingerprint density at radius 1 is 1.00 bits per heavy atom. The van der Waals surface area contributed by atoms with Crippen LogP contribution >= 0.6 is 0 Å². The van der Waals surface area contributed by atoms with Crippen molar-refractivity contribution in [2.24, 2.45) is 0 Å². The highest BCUT2D eigenvalue weighted by Gasteiger charge is 2.42. The van der Waals surface area contributed by atoms with Crippen LogP contribution in [0.4, 0.5) is 0 Å². The molecular weight excluding hydrogens is 346 g/mol. The van der Waals surface area contributed by atoms with Gasteiger partial charge in [-0.15, -0.1) is 0 Å². The van der Waals surface area contributed by atoms with Crippen LogP contribution in [0, 0.1) is 11.8 Å². The maximum atomic E-state index is 13.1. The second kappa shape index (κ2) is 8.88.